The van der Waals surface area contributed by atoms with Crippen molar-refractivity contribution >= 4 is 29.1 Å². The maximum atomic E-state index is 13.0. The van der Waals surface area contributed by atoms with E-state index in [0.29, 0.717) is 28.1 Å². The van der Waals surface area contributed by atoms with Gasteiger partial charge in [0.25, 0.3) is 5.91 Å². The van der Waals surface area contributed by atoms with Gasteiger partial charge in [0.05, 0.1) is 23.4 Å². The summed E-state index contributed by atoms with van der Waals surface area (Å²) >= 11 is 6.36. The lowest BCUT2D eigenvalue weighted by Crippen LogP contribution is -2.37. The Kier molecular flexibility index (Phi) is 6.49. The fraction of sp³-hybridized carbons (Fsp3) is 0.417. The zero-order valence-corrected chi connectivity index (χ0v) is 18.6. The molecule has 2 amide bonds. The number of carbonyl (C=O) groups is 2. The average molecular weight is 442 g/mol. The average Bonchev–Trinajstić information content (AvgIpc) is 3.54. The van der Waals surface area contributed by atoms with Crippen LogP contribution in [0.25, 0.3) is 0 Å². The van der Waals surface area contributed by atoms with Gasteiger partial charge in [-0.25, -0.2) is 0 Å². The Morgan fingerprint density at radius 2 is 1.90 bits per heavy atom. The molecule has 2 fully saturated rings. The van der Waals surface area contributed by atoms with Crippen molar-refractivity contribution in [2.75, 3.05) is 25.5 Å². The molecule has 1 saturated carbocycles. The van der Waals surface area contributed by atoms with Gasteiger partial charge in [0.1, 0.15) is 5.75 Å². The lowest BCUT2D eigenvalue weighted by Gasteiger charge is -2.25. The Balaban J connectivity index is 1.41. The van der Waals surface area contributed by atoms with E-state index >= 15 is 0 Å². The molecule has 0 aromatic heterocycles. The van der Waals surface area contributed by atoms with Crippen molar-refractivity contribution in [3.05, 3.63) is 58.6 Å². The second-order valence-corrected chi connectivity index (χ2v) is 8.74. The van der Waals surface area contributed by atoms with Crippen LogP contribution in [0.15, 0.2) is 42.5 Å². The van der Waals surface area contributed by atoms with Gasteiger partial charge in [0.2, 0.25) is 5.91 Å². The van der Waals surface area contributed by atoms with Crippen LogP contribution in [0.3, 0.4) is 0 Å². The van der Waals surface area contributed by atoms with E-state index in [2.05, 4.69) is 34.6 Å². The lowest BCUT2D eigenvalue weighted by molar-refractivity contribution is -0.117. The molecule has 1 aliphatic heterocycles. The second kappa shape index (κ2) is 9.28. The molecule has 0 spiro atoms. The van der Waals surface area contributed by atoms with Gasteiger partial charge in [-0.2, -0.15) is 0 Å². The van der Waals surface area contributed by atoms with Crippen molar-refractivity contribution in [3.63, 3.8) is 0 Å². The molecule has 2 atom stereocenters. The predicted octanol–water partition coefficient (Wildman–Crippen LogP) is 4.26. The van der Waals surface area contributed by atoms with Gasteiger partial charge in [0, 0.05) is 37.2 Å². The molecule has 2 aromatic rings. The number of hydrogen-bond donors (Lipinski definition) is 2. The van der Waals surface area contributed by atoms with E-state index < -0.39 is 0 Å². The molecule has 164 valence electrons. The monoisotopic (exact) mass is 441 g/mol. The molecule has 2 N–H and O–H groups in total. The fourth-order valence-corrected chi connectivity index (χ4v) is 4.25. The minimum Gasteiger partial charge on any atom is -0.496 e. The summed E-state index contributed by atoms with van der Waals surface area (Å²) in [6.45, 7) is 3.90. The molecule has 0 bridgehead atoms. The zero-order chi connectivity index (χ0) is 22.0. The summed E-state index contributed by atoms with van der Waals surface area (Å²) in [6, 6.07) is 13.9. The van der Waals surface area contributed by atoms with Crippen LogP contribution in [0.2, 0.25) is 5.02 Å². The summed E-state index contributed by atoms with van der Waals surface area (Å²) in [5.41, 5.74) is 2.11. The third-order valence-corrected chi connectivity index (χ3v) is 6.44. The SMILES string of the molecule is COc1cc(NC(=O)C2CC2)c(Cl)cc1C(=O)N[C@H]1CCN(C(C)c2ccccc2)C1. The predicted molar refractivity (Wildman–Crippen MR) is 122 cm³/mol. The number of amides is 2. The first kappa shape index (κ1) is 21.7. The number of anilines is 1. The highest BCUT2D eigenvalue weighted by molar-refractivity contribution is 6.34. The number of methoxy groups -OCH3 is 1. The van der Waals surface area contributed by atoms with Gasteiger partial charge >= 0.3 is 0 Å². The van der Waals surface area contributed by atoms with Crippen LogP contribution in [0.5, 0.6) is 5.75 Å². The maximum absolute atomic E-state index is 13.0. The molecule has 7 heteroatoms. The standard InChI is InChI=1S/C24H28ClN3O3/c1-15(16-6-4-3-5-7-16)28-11-10-18(14-28)26-24(30)19-12-20(25)21(13-22(19)31-2)27-23(29)17-8-9-17/h3-7,12-13,15,17-18H,8-11,14H2,1-2H3,(H,26,30)(H,27,29)/t15?,18-/m0/s1. The van der Waals surface area contributed by atoms with E-state index in [1.807, 2.05) is 18.2 Å². The van der Waals surface area contributed by atoms with Crippen LogP contribution in [0, 0.1) is 5.92 Å². The largest absolute Gasteiger partial charge is 0.496 e. The van der Waals surface area contributed by atoms with E-state index in [4.69, 9.17) is 16.3 Å². The van der Waals surface area contributed by atoms with Gasteiger partial charge in [-0.15, -0.1) is 0 Å². The quantitative estimate of drug-likeness (QED) is 0.673. The van der Waals surface area contributed by atoms with Gasteiger partial charge < -0.3 is 15.4 Å². The Morgan fingerprint density at radius 1 is 1.16 bits per heavy atom. The number of ether oxygens (including phenoxy) is 1. The van der Waals surface area contributed by atoms with E-state index in [-0.39, 0.29) is 23.8 Å². The van der Waals surface area contributed by atoms with E-state index in [0.717, 1.165) is 32.4 Å². The second-order valence-electron chi connectivity index (χ2n) is 8.34. The van der Waals surface area contributed by atoms with Gasteiger partial charge in [-0.3, -0.25) is 14.5 Å². The summed E-state index contributed by atoms with van der Waals surface area (Å²) in [4.78, 5) is 27.4. The maximum Gasteiger partial charge on any atom is 0.255 e. The Morgan fingerprint density at radius 3 is 2.58 bits per heavy atom. The third-order valence-electron chi connectivity index (χ3n) is 6.12. The number of nitrogens with one attached hydrogen (secondary N) is 2. The highest BCUT2D eigenvalue weighted by Crippen LogP contribution is 2.35. The van der Waals surface area contributed by atoms with Crippen LogP contribution < -0.4 is 15.4 Å². The van der Waals surface area contributed by atoms with Crippen LogP contribution >= 0.6 is 11.6 Å². The number of halogens is 1. The number of nitrogens with zero attached hydrogens (tertiary/aromatic N) is 1. The Hall–Kier alpha value is -2.57. The summed E-state index contributed by atoms with van der Waals surface area (Å²) < 4.78 is 5.42. The minimum absolute atomic E-state index is 0.0419. The van der Waals surface area contributed by atoms with Crippen LogP contribution in [0.1, 0.15) is 48.1 Å². The molecule has 4 rings (SSSR count). The van der Waals surface area contributed by atoms with Crippen LogP contribution in [-0.2, 0) is 4.79 Å². The van der Waals surface area contributed by atoms with Gasteiger partial charge in [0.15, 0.2) is 0 Å². The van der Waals surface area contributed by atoms with Crippen LogP contribution in [0.4, 0.5) is 5.69 Å². The first-order valence-corrected chi connectivity index (χ1v) is 11.1. The van der Waals surface area contributed by atoms with E-state index in [1.165, 1.54) is 12.7 Å². The topological polar surface area (TPSA) is 70.7 Å². The van der Waals surface area contributed by atoms with Gasteiger partial charge in [-0.1, -0.05) is 41.9 Å². The molecular weight excluding hydrogens is 414 g/mol. The van der Waals surface area contributed by atoms with Crippen LogP contribution in [-0.4, -0.2) is 43.0 Å². The zero-order valence-electron chi connectivity index (χ0n) is 17.9. The van der Waals surface area contributed by atoms with Crippen molar-refractivity contribution in [1.82, 2.24) is 10.2 Å². The molecule has 1 saturated heterocycles. The summed E-state index contributed by atoms with van der Waals surface area (Å²) in [6.07, 6.45) is 2.69. The number of rotatable bonds is 7. The van der Waals surface area contributed by atoms with Crippen molar-refractivity contribution < 1.29 is 14.3 Å². The number of likely N-dealkylation sites (tertiary alicyclic amines) is 1. The van der Waals surface area contributed by atoms with E-state index in [9.17, 15) is 9.59 Å². The fourth-order valence-electron chi connectivity index (χ4n) is 4.04. The number of benzene rings is 2. The van der Waals surface area contributed by atoms with Crippen molar-refractivity contribution in [1.29, 1.82) is 0 Å². The number of hydrogen-bond acceptors (Lipinski definition) is 4. The van der Waals surface area contributed by atoms with Gasteiger partial charge in [-0.05, 0) is 37.8 Å². The molecule has 6 nitrogen and oxygen atoms in total. The summed E-state index contributed by atoms with van der Waals surface area (Å²) in [7, 11) is 1.51. The normalized spacial score (nSPS) is 19.6. The highest BCUT2D eigenvalue weighted by atomic mass is 35.5. The smallest absolute Gasteiger partial charge is 0.255 e. The third kappa shape index (κ3) is 5.02. The molecule has 1 unspecified atom stereocenters. The Bertz CT molecular complexity index is 962. The molecular formula is C24H28ClN3O3. The summed E-state index contributed by atoms with van der Waals surface area (Å²) in [5.74, 6) is 0.187. The van der Waals surface area contributed by atoms with Crippen molar-refractivity contribution in [2.45, 2.75) is 38.3 Å². The molecule has 1 heterocycles. The van der Waals surface area contributed by atoms with E-state index in [1.54, 1.807) is 12.1 Å². The van der Waals surface area contributed by atoms with Crippen molar-refractivity contribution in [2.24, 2.45) is 5.92 Å². The Labute approximate surface area is 187 Å². The first-order valence-electron chi connectivity index (χ1n) is 10.7. The highest BCUT2D eigenvalue weighted by Gasteiger charge is 2.31. The first-order chi connectivity index (χ1) is 15.0. The summed E-state index contributed by atoms with van der Waals surface area (Å²) in [5, 5.41) is 6.27. The lowest BCUT2D eigenvalue weighted by atomic mass is 10.1. The molecule has 2 aliphatic rings. The molecule has 1 aliphatic carbocycles. The van der Waals surface area contributed by atoms with Crippen molar-refractivity contribution in [3.8, 4) is 5.75 Å². The molecule has 2 aromatic carbocycles. The number of carbonyl (C=O) groups excluding carboxylic acids is 2. The minimum atomic E-state index is -0.224. The molecule has 0 radical (unpaired) electrons. The molecule has 31 heavy (non-hydrogen) atoms.